The van der Waals surface area contributed by atoms with Gasteiger partial charge in [0, 0.05) is 0 Å². The summed E-state index contributed by atoms with van der Waals surface area (Å²) in [4.78, 5) is 11.7. The average Bonchev–Trinajstić information content (AvgIpc) is 2.86. The van der Waals surface area contributed by atoms with E-state index >= 15 is 0 Å². The van der Waals surface area contributed by atoms with Crippen LogP contribution in [-0.2, 0) is 4.74 Å². The third-order valence-corrected chi connectivity index (χ3v) is 2.45. The summed E-state index contributed by atoms with van der Waals surface area (Å²) in [7, 11) is 0. The topological polar surface area (TPSA) is 65.5 Å². The SMILES string of the molecule is Cc1ccc(C(=O)OC(C)c2cnoc2C)o1. The highest BCUT2D eigenvalue weighted by molar-refractivity contribution is 5.86. The van der Waals surface area contributed by atoms with Gasteiger partial charge in [-0.25, -0.2) is 4.79 Å². The molecule has 1 atom stereocenters. The van der Waals surface area contributed by atoms with Gasteiger partial charge in [0.2, 0.25) is 5.76 Å². The Balaban J connectivity index is 2.07. The highest BCUT2D eigenvalue weighted by Crippen LogP contribution is 2.21. The molecule has 0 radical (unpaired) electrons. The molecule has 2 aromatic rings. The minimum absolute atomic E-state index is 0.198. The van der Waals surface area contributed by atoms with E-state index in [1.54, 1.807) is 39.1 Å². The molecule has 5 heteroatoms. The van der Waals surface area contributed by atoms with Crippen molar-refractivity contribution in [2.75, 3.05) is 0 Å². The Morgan fingerprint density at radius 3 is 2.71 bits per heavy atom. The van der Waals surface area contributed by atoms with Crippen molar-refractivity contribution in [3.63, 3.8) is 0 Å². The lowest BCUT2D eigenvalue weighted by molar-refractivity contribution is 0.0297. The number of esters is 1. The molecule has 0 aliphatic rings. The maximum absolute atomic E-state index is 11.7. The van der Waals surface area contributed by atoms with Gasteiger partial charge in [-0.05, 0) is 32.9 Å². The van der Waals surface area contributed by atoms with Crippen LogP contribution in [-0.4, -0.2) is 11.1 Å². The van der Waals surface area contributed by atoms with Crippen molar-refractivity contribution in [3.8, 4) is 0 Å². The largest absolute Gasteiger partial charge is 0.454 e. The Labute approximate surface area is 98.3 Å². The van der Waals surface area contributed by atoms with Crippen LogP contribution >= 0.6 is 0 Å². The first kappa shape index (κ1) is 11.4. The molecule has 2 heterocycles. The van der Waals surface area contributed by atoms with E-state index in [0.29, 0.717) is 11.5 Å². The van der Waals surface area contributed by atoms with Crippen LogP contribution in [0.2, 0.25) is 0 Å². The van der Waals surface area contributed by atoms with E-state index in [1.807, 2.05) is 0 Å². The average molecular weight is 235 g/mol. The predicted octanol–water partition coefficient (Wildman–Crippen LogP) is 2.80. The van der Waals surface area contributed by atoms with Crippen LogP contribution in [0.25, 0.3) is 0 Å². The quantitative estimate of drug-likeness (QED) is 0.765. The highest BCUT2D eigenvalue weighted by Gasteiger charge is 2.19. The van der Waals surface area contributed by atoms with Gasteiger partial charge in [-0.3, -0.25) is 0 Å². The summed E-state index contributed by atoms with van der Waals surface area (Å²) in [6, 6.07) is 3.30. The number of rotatable bonds is 3. The van der Waals surface area contributed by atoms with Crippen molar-refractivity contribution < 1.29 is 18.5 Å². The third kappa shape index (κ3) is 2.38. The van der Waals surface area contributed by atoms with Gasteiger partial charge in [0.05, 0.1) is 11.8 Å². The summed E-state index contributed by atoms with van der Waals surface area (Å²) in [5.41, 5.74) is 0.752. The molecular weight excluding hydrogens is 222 g/mol. The maximum atomic E-state index is 11.7. The van der Waals surface area contributed by atoms with Gasteiger partial charge in [0.1, 0.15) is 17.6 Å². The van der Waals surface area contributed by atoms with Crippen LogP contribution in [0.4, 0.5) is 0 Å². The second-order valence-corrected chi connectivity index (χ2v) is 3.80. The number of nitrogens with zero attached hydrogens (tertiary/aromatic N) is 1. The second kappa shape index (κ2) is 4.45. The zero-order chi connectivity index (χ0) is 12.4. The van der Waals surface area contributed by atoms with E-state index in [9.17, 15) is 4.79 Å². The van der Waals surface area contributed by atoms with Gasteiger partial charge >= 0.3 is 5.97 Å². The van der Waals surface area contributed by atoms with Crippen molar-refractivity contribution >= 4 is 5.97 Å². The van der Waals surface area contributed by atoms with Crippen LogP contribution in [0, 0.1) is 13.8 Å². The summed E-state index contributed by atoms with van der Waals surface area (Å²) in [6.45, 7) is 5.29. The molecular formula is C12H13NO4. The van der Waals surface area contributed by atoms with Gasteiger partial charge in [0.15, 0.2) is 0 Å². The van der Waals surface area contributed by atoms with Crippen molar-refractivity contribution in [1.29, 1.82) is 0 Å². The summed E-state index contributed by atoms with van der Waals surface area (Å²) < 4.78 is 15.3. The van der Waals surface area contributed by atoms with E-state index in [2.05, 4.69) is 5.16 Å². The van der Waals surface area contributed by atoms with Crippen molar-refractivity contribution in [3.05, 3.63) is 41.2 Å². The Morgan fingerprint density at radius 1 is 1.41 bits per heavy atom. The number of hydrogen-bond donors (Lipinski definition) is 0. The second-order valence-electron chi connectivity index (χ2n) is 3.80. The monoisotopic (exact) mass is 235 g/mol. The van der Waals surface area contributed by atoms with Crippen molar-refractivity contribution in [2.45, 2.75) is 26.9 Å². The fourth-order valence-electron chi connectivity index (χ4n) is 1.52. The molecule has 2 rings (SSSR count). The molecule has 2 aromatic heterocycles. The zero-order valence-electron chi connectivity index (χ0n) is 9.89. The molecule has 0 bridgehead atoms. The molecule has 0 aliphatic carbocycles. The highest BCUT2D eigenvalue weighted by atomic mass is 16.6. The first-order chi connectivity index (χ1) is 8.08. The van der Waals surface area contributed by atoms with Crippen molar-refractivity contribution in [1.82, 2.24) is 5.16 Å². The van der Waals surface area contributed by atoms with Crippen LogP contribution in [0.5, 0.6) is 0 Å². The standard InChI is InChI=1S/C12H13NO4/c1-7-4-5-11(15-7)12(14)16-8(2)10-6-13-17-9(10)3/h4-6,8H,1-3H3. The van der Waals surface area contributed by atoms with Gasteiger partial charge in [-0.15, -0.1) is 0 Å². The maximum Gasteiger partial charge on any atom is 0.374 e. The van der Waals surface area contributed by atoms with Crippen LogP contribution in [0.15, 0.2) is 27.3 Å². The van der Waals surface area contributed by atoms with Crippen molar-refractivity contribution in [2.24, 2.45) is 0 Å². The normalized spacial score (nSPS) is 12.4. The number of hydrogen-bond acceptors (Lipinski definition) is 5. The molecule has 5 nitrogen and oxygen atoms in total. The third-order valence-electron chi connectivity index (χ3n) is 2.45. The molecule has 17 heavy (non-hydrogen) atoms. The molecule has 0 fully saturated rings. The molecule has 0 spiro atoms. The van der Waals surface area contributed by atoms with E-state index < -0.39 is 12.1 Å². The fourth-order valence-corrected chi connectivity index (χ4v) is 1.52. The summed E-state index contributed by atoms with van der Waals surface area (Å²) in [5.74, 6) is 1.02. The van der Waals surface area contributed by atoms with Gasteiger partial charge in [0.25, 0.3) is 0 Å². The Kier molecular flexibility index (Phi) is 2.99. The van der Waals surface area contributed by atoms with Gasteiger partial charge in [-0.1, -0.05) is 5.16 Å². The molecule has 0 aromatic carbocycles. The number of carbonyl (C=O) groups excluding carboxylic acids is 1. The first-order valence-corrected chi connectivity index (χ1v) is 5.26. The van der Waals surface area contributed by atoms with E-state index in [4.69, 9.17) is 13.7 Å². The molecule has 0 saturated carbocycles. The van der Waals surface area contributed by atoms with Gasteiger partial charge < -0.3 is 13.7 Å². The smallest absolute Gasteiger partial charge is 0.374 e. The van der Waals surface area contributed by atoms with E-state index in [0.717, 1.165) is 5.56 Å². The summed E-state index contributed by atoms with van der Waals surface area (Å²) in [5, 5.41) is 3.64. The molecule has 0 saturated heterocycles. The molecule has 1 unspecified atom stereocenters. The van der Waals surface area contributed by atoms with Crippen LogP contribution in [0.1, 0.15) is 40.7 Å². The fraction of sp³-hybridized carbons (Fsp3) is 0.333. The first-order valence-electron chi connectivity index (χ1n) is 5.26. The number of aromatic nitrogens is 1. The minimum atomic E-state index is -0.494. The lowest BCUT2D eigenvalue weighted by atomic mass is 10.2. The molecule has 0 amide bonds. The molecule has 0 aliphatic heterocycles. The summed E-state index contributed by atoms with van der Waals surface area (Å²) >= 11 is 0. The Morgan fingerprint density at radius 2 is 2.18 bits per heavy atom. The lowest BCUT2D eigenvalue weighted by Gasteiger charge is -2.10. The Bertz CT molecular complexity index is 526. The van der Waals surface area contributed by atoms with Crippen LogP contribution in [0.3, 0.4) is 0 Å². The predicted molar refractivity (Wildman–Crippen MR) is 58.5 cm³/mol. The minimum Gasteiger partial charge on any atom is -0.454 e. The zero-order valence-corrected chi connectivity index (χ0v) is 9.89. The number of ether oxygens (including phenoxy) is 1. The molecule has 90 valence electrons. The summed E-state index contributed by atoms with van der Waals surface area (Å²) in [6.07, 6.45) is 1.12. The Hall–Kier alpha value is -2.04. The number of furan rings is 1. The number of carbonyl (C=O) groups is 1. The van der Waals surface area contributed by atoms with Gasteiger partial charge in [-0.2, -0.15) is 0 Å². The van der Waals surface area contributed by atoms with Crippen LogP contribution < -0.4 is 0 Å². The van der Waals surface area contributed by atoms with E-state index in [1.165, 1.54) is 0 Å². The van der Waals surface area contributed by atoms with E-state index in [-0.39, 0.29) is 5.76 Å². The number of aryl methyl sites for hydroxylation is 2. The lowest BCUT2D eigenvalue weighted by Crippen LogP contribution is -2.08. The molecule has 0 N–H and O–H groups in total.